The van der Waals surface area contributed by atoms with Crippen LogP contribution in [0.15, 0.2) is 12.1 Å². The molecule has 0 aromatic heterocycles. The van der Waals surface area contributed by atoms with Crippen molar-refractivity contribution in [2.24, 2.45) is 23.2 Å². The molecule has 0 spiro atoms. The van der Waals surface area contributed by atoms with Gasteiger partial charge in [-0.1, -0.05) is 0 Å². The van der Waals surface area contributed by atoms with E-state index in [4.69, 9.17) is 4.74 Å². The van der Waals surface area contributed by atoms with E-state index in [1.165, 1.54) is 49.5 Å². The number of hydrogen-bond donors (Lipinski definition) is 0. The van der Waals surface area contributed by atoms with Crippen LogP contribution in [0.25, 0.3) is 0 Å². The molecule has 31 heavy (non-hydrogen) atoms. The van der Waals surface area contributed by atoms with Crippen LogP contribution in [0.1, 0.15) is 93.0 Å². The summed E-state index contributed by atoms with van der Waals surface area (Å²) in [6, 6.07) is 2.94. The van der Waals surface area contributed by atoms with E-state index in [-0.39, 0.29) is 22.9 Å². The summed E-state index contributed by atoms with van der Waals surface area (Å²) in [5.74, 6) is 2.26. The minimum atomic E-state index is -0.568. The van der Waals surface area contributed by atoms with Gasteiger partial charge in [-0.25, -0.2) is 4.39 Å². The van der Waals surface area contributed by atoms with Crippen LogP contribution in [0.3, 0.4) is 0 Å². The maximum Gasteiger partial charge on any atom is 0.263 e. The highest BCUT2D eigenvalue weighted by atomic mass is 19.1. The van der Waals surface area contributed by atoms with Gasteiger partial charge in [-0.15, -0.1) is 0 Å². The van der Waals surface area contributed by atoms with Crippen LogP contribution in [0.5, 0.6) is 5.75 Å². The zero-order valence-electron chi connectivity index (χ0n) is 18.4. The molecular weight excluding hydrogens is 393 g/mol. The molecule has 1 aromatic rings. The maximum atomic E-state index is 15.1. The number of rotatable bonds is 5. The Bertz CT molecular complexity index is 902. The van der Waals surface area contributed by atoms with Crippen molar-refractivity contribution >= 4 is 11.8 Å². The lowest BCUT2D eigenvalue weighted by atomic mass is 9.50. The molecule has 5 heteroatoms. The summed E-state index contributed by atoms with van der Waals surface area (Å²) in [6.07, 6.45) is 11.1. The molecule has 6 fully saturated rings. The number of likely N-dealkylation sites (tertiary alicyclic amines) is 1. The monoisotopic (exact) mass is 425 g/mol. The molecule has 166 valence electrons. The fraction of sp³-hybridized carbons (Fsp3) is 0.692. The van der Waals surface area contributed by atoms with Gasteiger partial charge in [-0.3, -0.25) is 14.5 Å². The van der Waals surface area contributed by atoms with E-state index in [0.717, 1.165) is 36.2 Å². The zero-order valence-corrected chi connectivity index (χ0v) is 18.4. The number of benzene rings is 1. The van der Waals surface area contributed by atoms with E-state index in [9.17, 15) is 9.59 Å². The van der Waals surface area contributed by atoms with Gasteiger partial charge in [-0.05, 0) is 100 Å². The van der Waals surface area contributed by atoms with Gasteiger partial charge < -0.3 is 4.74 Å². The lowest BCUT2D eigenvalue weighted by Gasteiger charge is -2.56. The van der Waals surface area contributed by atoms with Gasteiger partial charge in [0.2, 0.25) is 5.91 Å². The molecule has 0 unspecified atom stereocenters. The molecule has 5 saturated carbocycles. The van der Waals surface area contributed by atoms with Crippen molar-refractivity contribution in [3.05, 3.63) is 29.1 Å². The molecule has 0 radical (unpaired) electrons. The third-order valence-corrected chi connectivity index (χ3v) is 8.75. The smallest absolute Gasteiger partial charge is 0.263 e. The Hall–Kier alpha value is -1.91. The van der Waals surface area contributed by atoms with E-state index in [2.05, 4.69) is 0 Å². The summed E-state index contributed by atoms with van der Waals surface area (Å²) in [5.41, 5.74) is 1.23. The van der Waals surface area contributed by atoms with Crippen molar-refractivity contribution in [3.8, 4) is 5.75 Å². The standard InChI is InChI=1S/C26H32FNO3/c1-15-2-5-24(29)28(15)25(30)21-9-20(19-3-4-19)23(10-22(21)27)31-14-26-11-16-6-17(12-26)8-18(7-16)13-26/h9-10,15-19H,2-8,11-14H2,1H3/t15-,16?,17?,18?,26?/m1/s1. The van der Waals surface area contributed by atoms with Crippen molar-refractivity contribution in [3.63, 3.8) is 0 Å². The van der Waals surface area contributed by atoms with Crippen molar-refractivity contribution in [2.75, 3.05) is 6.61 Å². The Kier molecular flexibility index (Phi) is 4.49. The number of carbonyl (C=O) groups excluding carboxylic acids is 2. The van der Waals surface area contributed by atoms with Crippen LogP contribution in [0.2, 0.25) is 0 Å². The maximum absolute atomic E-state index is 15.1. The SMILES string of the molecule is C[C@@H]1CCC(=O)N1C(=O)c1cc(C2CC2)c(OCC23CC4CC(CC(C4)C2)C3)cc1F. The van der Waals surface area contributed by atoms with Crippen LogP contribution in [-0.2, 0) is 4.79 Å². The van der Waals surface area contributed by atoms with Gasteiger partial charge in [-0.2, -0.15) is 0 Å². The third-order valence-electron chi connectivity index (χ3n) is 8.75. The molecule has 1 atom stereocenters. The molecule has 7 rings (SSSR count). The average Bonchev–Trinajstić information content (AvgIpc) is 3.49. The molecule has 0 N–H and O–H groups in total. The third kappa shape index (κ3) is 3.39. The summed E-state index contributed by atoms with van der Waals surface area (Å²) in [4.78, 5) is 26.4. The number of imide groups is 1. The van der Waals surface area contributed by atoms with Crippen molar-refractivity contribution in [1.29, 1.82) is 0 Å². The van der Waals surface area contributed by atoms with Gasteiger partial charge in [0.05, 0.1) is 12.2 Å². The number of halogens is 1. The van der Waals surface area contributed by atoms with Crippen LogP contribution in [0, 0.1) is 29.0 Å². The second kappa shape index (κ2) is 7.05. The summed E-state index contributed by atoms with van der Waals surface area (Å²) >= 11 is 0. The average molecular weight is 426 g/mol. The Morgan fingerprint density at radius 2 is 1.74 bits per heavy atom. The fourth-order valence-electron chi connectivity index (χ4n) is 7.54. The molecule has 1 saturated heterocycles. The van der Waals surface area contributed by atoms with E-state index in [0.29, 0.717) is 31.1 Å². The highest BCUT2D eigenvalue weighted by Gasteiger charge is 2.51. The minimum Gasteiger partial charge on any atom is -0.493 e. The molecular formula is C26H32FNO3. The fourth-order valence-corrected chi connectivity index (χ4v) is 7.54. The summed E-state index contributed by atoms with van der Waals surface area (Å²) in [7, 11) is 0. The van der Waals surface area contributed by atoms with Crippen LogP contribution >= 0.6 is 0 Å². The second-order valence-electron chi connectivity index (χ2n) is 11.3. The van der Waals surface area contributed by atoms with Crippen LogP contribution in [-0.4, -0.2) is 29.4 Å². The first-order chi connectivity index (χ1) is 14.9. The van der Waals surface area contributed by atoms with Crippen molar-refractivity contribution < 1.29 is 18.7 Å². The number of ether oxygens (including phenoxy) is 1. The molecule has 4 nitrogen and oxygen atoms in total. The number of nitrogens with zero attached hydrogens (tertiary/aromatic N) is 1. The van der Waals surface area contributed by atoms with Gasteiger partial charge >= 0.3 is 0 Å². The summed E-state index contributed by atoms with van der Waals surface area (Å²) in [6.45, 7) is 2.52. The topological polar surface area (TPSA) is 46.6 Å². The molecule has 4 bridgehead atoms. The van der Waals surface area contributed by atoms with Gasteiger partial charge in [0.1, 0.15) is 11.6 Å². The molecule has 6 aliphatic rings. The molecule has 1 aliphatic heterocycles. The normalized spacial score (nSPS) is 36.3. The first-order valence-electron chi connectivity index (χ1n) is 12.2. The van der Waals surface area contributed by atoms with Crippen LogP contribution in [0.4, 0.5) is 4.39 Å². The Morgan fingerprint density at radius 3 is 2.29 bits per heavy atom. The lowest BCUT2D eigenvalue weighted by molar-refractivity contribution is -0.126. The molecule has 2 amide bonds. The van der Waals surface area contributed by atoms with Gasteiger partial charge in [0.25, 0.3) is 5.91 Å². The summed E-state index contributed by atoms with van der Waals surface area (Å²) in [5, 5.41) is 0. The molecule has 1 heterocycles. The first-order valence-corrected chi connectivity index (χ1v) is 12.2. The van der Waals surface area contributed by atoms with Gasteiger partial charge in [0, 0.05) is 23.9 Å². The number of amides is 2. The number of hydrogen-bond acceptors (Lipinski definition) is 3. The van der Waals surface area contributed by atoms with Gasteiger partial charge in [0.15, 0.2) is 0 Å². The molecule has 5 aliphatic carbocycles. The summed E-state index contributed by atoms with van der Waals surface area (Å²) < 4.78 is 21.5. The highest BCUT2D eigenvalue weighted by Crippen LogP contribution is 2.60. The quantitative estimate of drug-likeness (QED) is 0.590. The van der Waals surface area contributed by atoms with E-state index in [1.54, 1.807) is 6.07 Å². The van der Waals surface area contributed by atoms with Crippen molar-refractivity contribution in [2.45, 2.75) is 83.1 Å². The van der Waals surface area contributed by atoms with E-state index < -0.39 is 11.7 Å². The minimum absolute atomic E-state index is 0.0196. The predicted octanol–water partition coefficient (Wildman–Crippen LogP) is 5.45. The number of carbonyl (C=O) groups is 2. The second-order valence-corrected chi connectivity index (χ2v) is 11.3. The Balaban J connectivity index is 1.25. The zero-order chi connectivity index (χ0) is 21.3. The Labute approximate surface area is 183 Å². The molecule has 1 aromatic carbocycles. The lowest BCUT2D eigenvalue weighted by Crippen LogP contribution is -2.48. The van der Waals surface area contributed by atoms with E-state index in [1.807, 2.05) is 6.92 Å². The Morgan fingerprint density at radius 1 is 1.10 bits per heavy atom. The van der Waals surface area contributed by atoms with Crippen molar-refractivity contribution in [1.82, 2.24) is 4.90 Å². The first kappa shape index (κ1) is 19.8. The predicted molar refractivity (Wildman–Crippen MR) is 114 cm³/mol. The van der Waals surface area contributed by atoms with Crippen LogP contribution < -0.4 is 4.74 Å². The van der Waals surface area contributed by atoms with E-state index >= 15 is 4.39 Å². The highest BCUT2D eigenvalue weighted by molar-refractivity contribution is 6.06. The largest absolute Gasteiger partial charge is 0.493 e.